The van der Waals surface area contributed by atoms with Gasteiger partial charge < -0.3 is 19.9 Å². The van der Waals surface area contributed by atoms with E-state index in [-0.39, 0.29) is 64.3 Å². The summed E-state index contributed by atoms with van der Waals surface area (Å²) < 4.78 is 15.4. The molecule has 0 saturated heterocycles. The summed E-state index contributed by atoms with van der Waals surface area (Å²) in [6, 6.07) is 39.5. The number of pyridine rings is 2. The fraction of sp³-hybridized carbons (Fsp3) is 0.161. The van der Waals surface area contributed by atoms with Crippen molar-refractivity contribution < 1.29 is 43.3 Å². The Kier molecular flexibility index (Phi) is 19.2. The van der Waals surface area contributed by atoms with Gasteiger partial charge in [0.25, 0.3) is 34.5 Å². The number of ether oxygens (including phenoxy) is 2. The number of thioether (sulfide) groups is 1. The number of aliphatic hydroxyl groups is 1. The number of nitrogens with one attached hydrogen (secondary N) is 1. The van der Waals surface area contributed by atoms with Gasteiger partial charge in [-0.25, -0.2) is 9.59 Å². The number of hydrogen-bond donors (Lipinski definition) is 2. The Morgan fingerprint density at radius 3 is 1.81 bits per heavy atom. The lowest BCUT2D eigenvalue weighted by Crippen LogP contribution is -2.33. The van der Waals surface area contributed by atoms with Crippen molar-refractivity contribution in [1.29, 1.82) is 0 Å². The van der Waals surface area contributed by atoms with Gasteiger partial charge in [-0.05, 0) is 84.4 Å². The van der Waals surface area contributed by atoms with Crippen molar-refractivity contribution in [2.75, 3.05) is 12.1 Å². The summed E-state index contributed by atoms with van der Waals surface area (Å²) in [5, 5.41) is 22.5. The standard InChI is InChI=1S/C62H47Cl2N7O11S3/c1-62(2,3)61(80)71-55(83-36-45-25-28-52(64)85-45)31-46(66-71)48-26-22-42(19-15-39-12-8-5-9-13-39)57(76)68(48)33-49(73)59(78)81-37-82-60(79)50(74)34-69-54(75)29-23-41(18-14-38-10-6-4-7-11-38)56(69)47-30-53(65-32-44-24-27-51(63)84-44)70(67-47)58(77)43-20-16-40(35-72)17-21-43/h4-13,16-17,20-31,65,72H,32-37H2,1-3H3. The number of Topliss-reactive ketones (excluding diaryl/α,β-unsaturated/α-hetero) is 2. The highest BCUT2D eigenvalue weighted by Crippen LogP contribution is 2.34. The average Bonchev–Trinajstić information content (AvgIpc) is 2.16. The number of aromatic nitrogens is 6. The van der Waals surface area contributed by atoms with E-state index in [4.69, 9.17) is 32.7 Å². The van der Waals surface area contributed by atoms with Crippen LogP contribution in [0.2, 0.25) is 8.67 Å². The van der Waals surface area contributed by atoms with Crippen molar-refractivity contribution in [1.82, 2.24) is 28.7 Å². The average molecular weight is 1230 g/mol. The van der Waals surface area contributed by atoms with E-state index in [1.54, 1.807) is 118 Å². The fourth-order valence-corrected chi connectivity index (χ4v) is 11.3. The van der Waals surface area contributed by atoms with Crippen molar-refractivity contribution in [3.05, 3.63) is 218 Å². The zero-order valence-electron chi connectivity index (χ0n) is 45.3. The third-order valence-electron chi connectivity index (χ3n) is 12.4. The minimum Gasteiger partial charge on any atom is -0.422 e. The normalized spacial score (nSPS) is 11.0. The van der Waals surface area contributed by atoms with Gasteiger partial charge in [0.2, 0.25) is 6.79 Å². The fourth-order valence-electron chi connectivity index (χ4n) is 8.11. The Hall–Kier alpha value is -9.19. The van der Waals surface area contributed by atoms with E-state index in [0.717, 1.165) is 29.6 Å². The number of anilines is 1. The lowest BCUT2D eigenvalue weighted by atomic mass is 9.96. The number of hydrogen-bond acceptors (Lipinski definition) is 17. The van der Waals surface area contributed by atoms with Crippen LogP contribution in [0.15, 0.2) is 160 Å². The van der Waals surface area contributed by atoms with Gasteiger partial charge in [-0.15, -0.1) is 34.4 Å². The first-order chi connectivity index (χ1) is 40.8. The van der Waals surface area contributed by atoms with Crippen molar-refractivity contribution in [2.24, 2.45) is 5.41 Å². The highest BCUT2D eigenvalue weighted by atomic mass is 35.5. The summed E-state index contributed by atoms with van der Waals surface area (Å²) >= 11 is 16.4. The number of esters is 2. The van der Waals surface area contributed by atoms with Gasteiger partial charge in [0.1, 0.15) is 22.2 Å². The van der Waals surface area contributed by atoms with Crippen molar-refractivity contribution in [3.63, 3.8) is 0 Å². The maximum Gasteiger partial charge on any atom is 0.379 e. The Labute approximate surface area is 507 Å². The van der Waals surface area contributed by atoms with Gasteiger partial charge in [0.15, 0.2) is 0 Å². The highest BCUT2D eigenvalue weighted by Gasteiger charge is 2.30. The van der Waals surface area contributed by atoms with Crippen LogP contribution in [0.1, 0.15) is 73.5 Å². The van der Waals surface area contributed by atoms with Gasteiger partial charge >= 0.3 is 11.9 Å². The third-order valence-corrected chi connectivity index (χ3v) is 16.1. The molecular formula is C62H47Cl2N7O11S3. The van der Waals surface area contributed by atoms with Crippen LogP contribution in [-0.4, -0.2) is 75.9 Å². The molecule has 23 heteroatoms. The van der Waals surface area contributed by atoms with Crippen LogP contribution in [0.25, 0.3) is 22.8 Å². The number of carbonyl (C=O) groups excluding carboxylic acids is 6. The zero-order chi connectivity index (χ0) is 60.4. The van der Waals surface area contributed by atoms with E-state index >= 15 is 0 Å². The maximum atomic E-state index is 14.3. The first-order valence-electron chi connectivity index (χ1n) is 25.7. The summed E-state index contributed by atoms with van der Waals surface area (Å²) in [4.78, 5) is 112. The van der Waals surface area contributed by atoms with Crippen LogP contribution < -0.4 is 16.4 Å². The van der Waals surface area contributed by atoms with Crippen molar-refractivity contribution >= 4 is 98.8 Å². The minimum atomic E-state index is -1.57. The van der Waals surface area contributed by atoms with E-state index in [9.17, 15) is 43.5 Å². The summed E-state index contributed by atoms with van der Waals surface area (Å²) in [6.45, 7) is 1.98. The van der Waals surface area contributed by atoms with E-state index < -0.39 is 65.8 Å². The molecular weight excluding hydrogens is 1190 g/mol. The van der Waals surface area contributed by atoms with E-state index in [1.807, 2.05) is 6.07 Å². The monoisotopic (exact) mass is 1230 g/mol. The Bertz CT molecular complexity index is 4310. The molecule has 0 fully saturated rings. The smallest absolute Gasteiger partial charge is 0.379 e. The second-order valence-electron chi connectivity index (χ2n) is 19.5. The number of rotatable bonds is 18. The molecule has 0 saturated carbocycles. The molecule has 6 heterocycles. The van der Waals surface area contributed by atoms with Crippen LogP contribution in [-0.2, 0) is 60.6 Å². The molecule has 18 nitrogen and oxygen atoms in total. The number of ketones is 2. The third kappa shape index (κ3) is 15.0. The largest absolute Gasteiger partial charge is 0.422 e. The molecule has 428 valence electrons. The second kappa shape index (κ2) is 27.0. The number of thiophene rings is 2. The molecule has 0 radical (unpaired) electrons. The molecule has 0 atom stereocenters. The predicted molar refractivity (Wildman–Crippen MR) is 323 cm³/mol. The quantitative estimate of drug-likeness (QED) is 0.0268. The highest BCUT2D eigenvalue weighted by molar-refractivity contribution is 7.98. The topological polar surface area (TPSA) is 233 Å². The minimum absolute atomic E-state index is 0.0160. The maximum absolute atomic E-state index is 14.3. The molecule has 9 aromatic rings. The summed E-state index contributed by atoms with van der Waals surface area (Å²) in [5.74, 6) is 5.69. The molecule has 3 aromatic carbocycles. The lowest BCUT2D eigenvalue weighted by molar-refractivity contribution is -0.173. The van der Waals surface area contributed by atoms with Gasteiger partial charge in [-0.1, -0.05) is 116 Å². The number of carbonyl (C=O) groups is 6. The molecule has 0 unspecified atom stereocenters. The Balaban J connectivity index is 0.969. The van der Waals surface area contributed by atoms with Gasteiger partial charge in [0.05, 0.1) is 57.4 Å². The molecule has 0 aliphatic heterocycles. The Morgan fingerprint density at radius 1 is 0.647 bits per heavy atom. The van der Waals surface area contributed by atoms with E-state index in [2.05, 4.69) is 39.2 Å². The van der Waals surface area contributed by atoms with E-state index in [0.29, 0.717) is 36.1 Å². The molecule has 0 spiro atoms. The SMILES string of the molecule is CC(C)(C)C(=O)n1nc(-c2ccc(C#Cc3ccccc3)c(=O)n2CC(=O)C(=O)OCOC(=O)C(=O)Cn2c(-c3cc(NCc4ccc(Cl)s4)n(C(=O)c4ccc(CO)cc4)n3)c(C#Cc3ccccc3)ccc2=O)cc1SCc1ccc(Cl)s1. The predicted octanol–water partition coefficient (Wildman–Crippen LogP) is 9.62. The Morgan fingerprint density at radius 2 is 1.22 bits per heavy atom. The zero-order valence-corrected chi connectivity index (χ0v) is 49.3. The summed E-state index contributed by atoms with van der Waals surface area (Å²) in [5.41, 5.74) is -0.322. The molecule has 0 bridgehead atoms. The van der Waals surface area contributed by atoms with Crippen molar-refractivity contribution in [2.45, 2.75) is 57.8 Å². The van der Waals surface area contributed by atoms with Gasteiger partial charge in [-0.3, -0.25) is 37.9 Å². The first-order valence-corrected chi connectivity index (χ1v) is 29.1. The van der Waals surface area contributed by atoms with Crippen molar-refractivity contribution in [3.8, 4) is 46.5 Å². The van der Waals surface area contributed by atoms with E-state index in [1.165, 1.54) is 75.5 Å². The molecule has 6 aromatic heterocycles. The van der Waals surface area contributed by atoms with Crippen LogP contribution in [0, 0.1) is 29.1 Å². The molecule has 2 N–H and O–H groups in total. The van der Waals surface area contributed by atoms with Crippen LogP contribution in [0.5, 0.6) is 0 Å². The second-order valence-corrected chi connectivity index (χ2v) is 24.1. The number of halogens is 2. The number of aliphatic hydroxyl groups excluding tert-OH is 1. The lowest BCUT2D eigenvalue weighted by Gasteiger charge is -2.17. The van der Waals surface area contributed by atoms with Gasteiger partial charge in [0, 0.05) is 55.8 Å². The molecule has 0 aliphatic carbocycles. The molecule has 9 rings (SSSR count). The summed E-state index contributed by atoms with van der Waals surface area (Å²) in [7, 11) is 0. The molecule has 85 heavy (non-hydrogen) atoms. The molecule has 0 amide bonds. The molecule has 0 aliphatic rings. The van der Waals surface area contributed by atoms with Crippen LogP contribution in [0.3, 0.4) is 0 Å². The first kappa shape index (κ1) is 60.4. The van der Waals surface area contributed by atoms with Crippen LogP contribution >= 0.6 is 57.6 Å². The summed E-state index contributed by atoms with van der Waals surface area (Å²) in [6.07, 6.45) is 0. The van der Waals surface area contributed by atoms with Crippen LogP contribution in [0.4, 0.5) is 5.82 Å². The number of benzene rings is 3. The number of nitrogens with zero attached hydrogens (tertiary/aromatic N) is 6. The van der Waals surface area contributed by atoms with Gasteiger partial charge in [-0.2, -0.15) is 19.6 Å².